The number of benzene rings is 1. The van der Waals surface area contributed by atoms with Gasteiger partial charge >= 0.3 is 0 Å². The molecule has 1 atom stereocenters. The fourth-order valence-corrected chi connectivity index (χ4v) is 2.23. The van der Waals surface area contributed by atoms with Crippen molar-refractivity contribution in [1.82, 2.24) is 0 Å². The van der Waals surface area contributed by atoms with E-state index >= 15 is 0 Å². The summed E-state index contributed by atoms with van der Waals surface area (Å²) in [7, 11) is 0. The van der Waals surface area contributed by atoms with Gasteiger partial charge in [-0.1, -0.05) is 12.1 Å². The normalized spacial score (nSPS) is 18.6. The zero-order chi connectivity index (χ0) is 13.5. The summed E-state index contributed by atoms with van der Waals surface area (Å²) in [6, 6.07) is 9.09. The first-order valence-corrected chi connectivity index (χ1v) is 6.70. The number of anilines is 1. The molecule has 1 saturated heterocycles. The van der Waals surface area contributed by atoms with Crippen molar-refractivity contribution < 1.29 is 9.53 Å². The van der Waals surface area contributed by atoms with Crippen molar-refractivity contribution in [2.75, 3.05) is 11.9 Å². The minimum absolute atomic E-state index is 0.0585. The van der Waals surface area contributed by atoms with E-state index in [-0.39, 0.29) is 12.0 Å². The Balaban J connectivity index is 1.82. The Morgan fingerprint density at radius 2 is 2.26 bits per heavy atom. The predicted octanol–water partition coefficient (Wildman–Crippen LogP) is 2.85. The van der Waals surface area contributed by atoms with Crippen molar-refractivity contribution in [3.63, 3.8) is 0 Å². The maximum Gasteiger partial charge on any atom is 0.224 e. The molecule has 1 fully saturated rings. The lowest BCUT2D eigenvalue weighted by molar-refractivity contribution is -0.117. The molecule has 0 spiro atoms. The molecular weight excluding hydrogens is 240 g/mol. The molecule has 0 bridgehead atoms. The van der Waals surface area contributed by atoms with E-state index in [1.54, 1.807) is 24.3 Å². The van der Waals surface area contributed by atoms with E-state index in [9.17, 15) is 4.79 Å². The molecule has 1 aliphatic heterocycles. The van der Waals surface area contributed by atoms with Gasteiger partial charge in [-0.15, -0.1) is 0 Å². The van der Waals surface area contributed by atoms with Gasteiger partial charge in [-0.25, -0.2) is 0 Å². The fraction of sp³-hybridized carbons (Fsp3) is 0.467. The Morgan fingerprint density at radius 3 is 3.00 bits per heavy atom. The molecule has 0 saturated carbocycles. The Hall–Kier alpha value is -1.86. The SMILES string of the molecule is N#Cc1ccccc1NC(=O)CCC1CCCCO1. The van der Waals surface area contributed by atoms with Crippen molar-refractivity contribution >= 4 is 11.6 Å². The number of nitrogens with zero attached hydrogens (tertiary/aromatic N) is 1. The molecule has 0 aromatic heterocycles. The highest BCUT2D eigenvalue weighted by Crippen LogP contribution is 2.18. The molecule has 1 unspecified atom stereocenters. The van der Waals surface area contributed by atoms with Gasteiger partial charge in [0.15, 0.2) is 0 Å². The van der Waals surface area contributed by atoms with Gasteiger partial charge in [0.25, 0.3) is 0 Å². The van der Waals surface area contributed by atoms with Crippen molar-refractivity contribution in [1.29, 1.82) is 5.26 Å². The van der Waals surface area contributed by atoms with Gasteiger partial charge in [0, 0.05) is 13.0 Å². The van der Waals surface area contributed by atoms with Gasteiger partial charge < -0.3 is 10.1 Å². The second-order valence-electron chi connectivity index (χ2n) is 4.73. The van der Waals surface area contributed by atoms with E-state index in [2.05, 4.69) is 11.4 Å². The fourth-order valence-electron chi connectivity index (χ4n) is 2.23. The van der Waals surface area contributed by atoms with Crippen LogP contribution in [0, 0.1) is 11.3 Å². The van der Waals surface area contributed by atoms with Crippen molar-refractivity contribution in [2.45, 2.75) is 38.2 Å². The minimum Gasteiger partial charge on any atom is -0.378 e. The van der Waals surface area contributed by atoms with E-state index in [1.165, 1.54) is 6.42 Å². The third-order valence-electron chi connectivity index (χ3n) is 3.29. The van der Waals surface area contributed by atoms with Crippen molar-refractivity contribution in [3.8, 4) is 6.07 Å². The molecular formula is C15H18N2O2. The summed E-state index contributed by atoms with van der Waals surface area (Å²) in [6.07, 6.45) is 4.75. The molecule has 0 radical (unpaired) electrons. The highest BCUT2D eigenvalue weighted by Gasteiger charge is 2.15. The largest absolute Gasteiger partial charge is 0.378 e. The first-order chi connectivity index (χ1) is 9.29. The zero-order valence-electron chi connectivity index (χ0n) is 10.9. The van der Waals surface area contributed by atoms with Crippen LogP contribution in [0.1, 0.15) is 37.7 Å². The smallest absolute Gasteiger partial charge is 0.224 e. The average Bonchev–Trinajstić information content (AvgIpc) is 2.47. The van der Waals surface area contributed by atoms with Crippen LogP contribution in [0.4, 0.5) is 5.69 Å². The zero-order valence-corrected chi connectivity index (χ0v) is 10.9. The molecule has 4 heteroatoms. The highest BCUT2D eigenvalue weighted by atomic mass is 16.5. The number of carbonyl (C=O) groups excluding carboxylic acids is 1. The van der Waals surface area contributed by atoms with Gasteiger partial charge in [-0.2, -0.15) is 5.26 Å². The van der Waals surface area contributed by atoms with Gasteiger partial charge in [-0.3, -0.25) is 4.79 Å². The third kappa shape index (κ3) is 4.08. The molecule has 1 heterocycles. The molecule has 19 heavy (non-hydrogen) atoms. The van der Waals surface area contributed by atoms with E-state index < -0.39 is 0 Å². The quantitative estimate of drug-likeness (QED) is 0.903. The number of ether oxygens (including phenoxy) is 1. The molecule has 1 aromatic carbocycles. The summed E-state index contributed by atoms with van der Waals surface area (Å²) in [5, 5.41) is 11.7. The number of carbonyl (C=O) groups is 1. The number of amides is 1. The molecule has 1 N–H and O–H groups in total. The van der Waals surface area contributed by atoms with Gasteiger partial charge in [0.2, 0.25) is 5.91 Å². The summed E-state index contributed by atoms with van der Waals surface area (Å²) in [5.74, 6) is -0.0585. The molecule has 100 valence electrons. The summed E-state index contributed by atoms with van der Waals surface area (Å²) >= 11 is 0. The molecule has 2 rings (SSSR count). The minimum atomic E-state index is -0.0585. The molecule has 1 amide bonds. The third-order valence-corrected chi connectivity index (χ3v) is 3.29. The van der Waals surface area contributed by atoms with Crippen LogP contribution in [0.2, 0.25) is 0 Å². The molecule has 0 aliphatic carbocycles. The first-order valence-electron chi connectivity index (χ1n) is 6.70. The monoisotopic (exact) mass is 258 g/mol. The van der Waals surface area contributed by atoms with E-state index in [0.717, 1.165) is 25.9 Å². The highest BCUT2D eigenvalue weighted by molar-refractivity contribution is 5.92. The maximum atomic E-state index is 11.8. The van der Waals surface area contributed by atoms with Crippen LogP contribution >= 0.6 is 0 Å². The van der Waals surface area contributed by atoms with E-state index in [4.69, 9.17) is 10.00 Å². The molecule has 1 aromatic rings. The van der Waals surface area contributed by atoms with E-state index in [0.29, 0.717) is 17.7 Å². The van der Waals surface area contributed by atoms with Crippen molar-refractivity contribution in [2.24, 2.45) is 0 Å². The van der Waals surface area contributed by atoms with Crippen LogP contribution in [0.3, 0.4) is 0 Å². The van der Waals surface area contributed by atoms with Crippen LogP contribution in [0.25, 0.3) is 0 Å². The number of nitrogens with one attached hydrogen (secondary N) is 1. The Bertz CT molecular complexity index is 473. The lowest BCUT2D eigenvalue weighted by Crippen LogP contribution is -2.21. The molecule has 1 aliphatic rings. The van der Waals surface area contributed by atoms with Crippen LogP contribution < -0.4 is 5.32 Å². The van der Waals surface area contributed by atoms with Crippen molar-refractivity contribution in [3.05, 3.63) is 29.8 Å². The lowest BCUT2D eigenvalue weighted by atomic mass is 10.0. The second kappa shape index (κ2) is 6.91. The number of hydrogen-bond acceptors (Lipinski definition) is 3. The van der Waals surface area contributed by atoms with Crippen LogP contribution in [0.5, 0.6) is 0 Å². The van der Waals surface area contributed by atoms with Crippen LogP contribution in [0.15, 0.2) is 24.3 Å². The number of hydrogen-bond donors (Lipinski definition) is 1. The summed E-state index contributed by atoms with van der Waals surface area (Å²) in [5.41, 5.74) is 1.07. The number of nitriles is 1. The Morgan fingerprint density at radius 1 is 1.42 bits per heavy atom. The summed E-state index contributed by atoms with van der Waals surface area (Å²) in [4.78, 5) is 11.8. The standard InChI is InChI=1S/C15H18N2O2/c16-11-12-5-1-2-7-14(12)17-15(18)9-8-13-6-3-4-10-19-13/h1-2,5,7,13H,3-4,6,8-10H2,(H,17,18). The lowest BCUT2D eigenvalue weighted by Gasteiger charge is -2.22. The maximum absolute atomic E-state index is 11.8. The summed E-state index contributed by atoms with van der Waals surface area (Å²) < 4.78 is 5.59. The Labute approximate surface area is 113 Å². The van der Waals surface area contributed by atoms with Gasteiger partial charge in [0.05, 0.1) is 17.4 Å². The predicted molar refractivity (Wildman–Crippen MR) is 72.6 cm³/mol. The number of para-hydroxylation sites is 1. The molecule has 4 nitrogen and oxygen atoms in total. The van der Waals surface area contributed by atoms with Crippen LogP contribution in [-0.4, -0.2) is 18.6 Å². The second-order valence-corrected chi connectivity index (χ2v) is 4.73. The number of rotatable bonds is 4. The summed E-state index contributed by atoms with van der Waals surface area (Å²) in [6.45, 7) is 0.809. The average molecular weight is 258 g/mol. The van der Waals surface area contributed by atoms with E-state index in [1.807, 2.05) is 0 Å². The van der Waals surface area contributed by atoms with Gasteiger partial charge in [0.1, 0.15) is 6.07 Å². The first kappa shape index (κ1) is 13.6. The van der Waals surface area contributed by atoms with Crippen LogP contribution in [-0.2, 0) is 9.53 Å². The Kier molecular flexibility index (Phi) is 4.93. The van der Waals surface area contributed by atoms with Gasteiger partial charge in [-0.05, 0) is 37.8 Å². The topological polar surface area (TPSA) is 62.1 Å².